The molecule has 0 saturated carbocycles. The van der Waals surface area contributed by atoms with Crippen molar-refractivity contribution in [1.82, 2.24) is 10.2 Å². The molecule has 0 aliphatic carbocycles. The predicted octanol–water partition coefficient (Wildman–Crippen LogP) is 2.08. The Morgan fingerprint density at radius 3 is 3.12 bits per heavy atom. The maximum absolute atomic E-state index is 13.2. The van der Waals surface area contributed by atoms with E-state index in [2.05, 4.69) is 10.2 Å². The topological polar surface area (TPSA) is 24.5 Å². The molecule has 17 heavy (non-hydrogen) atoms. The zero-order valence-corrected chi connectivity index (χ0v) is 9.79. The molecule has 1 fully saturated rings. The van der Waals surface area contributed by atoms with Crippen molar-refractivity contribution in [1.29, 1.82) is 0 Å². The lowest BCUT2D eigenvalue weighted by Gasteiger charge is -2.37. The lowest BCUT2D eigenvalue weighted by atomic mass is 10.1. The van der Waals surface area contributed by atoms with Gasteiger partial charge in [-0.1, -0.05) is 0 Å². The SMILES string of the molecule is Fc1ccc2c(c1)CN(C1CCCCN1)CO2. The molecule has 3 nitrogen and oxygen atoms in total. The maximum Gasteiger partial charge on any atom is 0.143 e. The molecule has 1 aromatic rings. The normalized spacial score (nSPS) is 25.1. The van der Waals surface area contributed by atoms with Gasteiger partial charge in [-0.15, -0.1) is 0 Å². The summed E-state index contributed by atoms with van der Waals surface area (Å²) in [5.41, 5.74) is 0.948. The van der Waals surface area contributed by atoms with E-state index in [9.17, 15) is 4.39 Å². The van der Waals surface area contributed by atoms with E-state index in [0.29, 0.717) is 12.9 Å². The van der Waals surface area contributed by atoms with Gasteiger partial charge in [-0.25, -0.2) is 4.39 Å². The van der Waals surface area contributed by atoms with Crippen molar-refractivity contribution in [2.75, 3.05) is 13.3 Å². The number of nitrogens with one attached hydrogen (secondary N) is 1. The predicted molar refractivity (Wildman–Crippen MR) is 63.1 cm³/mol. The van der Waals surface area contributed by atoms with E-state index in [0.717, 1.165) is 30.8 Å². The molecular weight excluding hydrogens is 219 g/mol. The van der Waals surface area contributed by atoms with Crippen LogP contribution < -0.4 is 10.1 Å². The largest absolute Gasteiger partial charge is 0.478 e. The van der Waals surface area contributed by atoms with Crippen LogP contribution in [0.2, 0.25) is 0 Å². The second-order valence-corrected chi connectivity index (χ2v) is 4.74. The molecule has 0 aromatic heterocycles. The number of benzene rings is 1. The monoisotopic (exact) mass is 236 g/mol. The average molecular weight is 236 g/mol. The summed E-state index contributed by atoms with van der Waals surface area (Å²) in [5.74, 6) is 0.629. The molecule has 0 amide bonds. The Bertz CT molecular complexity index is 404. The fourth-order valence-electron chi connectivity index (χ4n) is 2.57. The van der Waals surface area contributed by atoms with Crippen molar-refractivity contribution < 1.29 is 9.13 Å². The first-order valence-electron chi connectivity index (χ1n) is 6.21. The van der Waals surface area contributed by atoms with Crippen molar-refractivity contribution in [3.63, 3.8) is 0 Å². The second-order valence-electron chi connectivity index (χ2n) is 4.74. The number of fused-ring (bicyclic) bond motifs is 1. The van der Waals surface area contributed by atoms with E-state index in [-0.39, 0.29) is 5.82 Å². The number of piperidine rings is 1. The highest BCUT2D eigenvalue weighted by molar-refractivity contribution is 5.35. The minimum Gasteiger partial charge on any atom is -0.478 e. The van der Waals surface area contributed by atoms with Crippen LogP contribution in [0.25, 0.3) is 0 Å². The van der Waals surface area contributed by atoms with Crippen LogP contribution in [0.5, 0.6) is 5.75 Å². The lowest BCUT2D eigenvalue weighted by molar-refractivity contribution is 0.0301. The van der Waals surface area contributed by atoms with Gasteiger partial charge in [-0.05, 0) is 44.0 Å². The highest BCUT2D eigenvalue weighted by Gasteiger charge is 2.25. The third kappa shape index (κ3) is 2.28. The molecular formula is C13H17FN2O. The smallest absolute Gasteiger partial charge is 0.143 e. The fourth-order valence-corrected chi connectivity index (χ4v) is 2.57. The summed E-state index contributed by atoms with van der Waals surface area (Å²) in [5, 5.41) is 3.49. The van der Waals surface area contributed by atoms with E-state index in [1.165, 1.54) is 18.9 Å². The minimum atomic E-state index is -0.189. The number of hydrogen-bond acceptors (Lipinski definition) is 3. The Kier molecular flexibility index (Phi) is 2.99. The van der Waals surface area contributed by atoms with E-state index >= 15 is 0 Å². The Hall–Kier alpha value is -1.13. The van der Waals surface area contributed by atoms with Gasteiger partial charge in [0, 0.05) is 12.1 Å². The molecule has 92 valence electrons. The summed E-state index contributed by atoms with van der Waals surface area (Å²) in [6.07, 6.45) is 4.02. The van der Waals surface area contributed by atoms with Crippen molar-refractivity contribution in [2.24, 2.45) is 0 Å². The molecule has 4 heteroatoms. The Balaban J connectivity index is 1.75. The van der Waals surface area contributed by atoms with Crippen LogP contribution in [0.3, 0.4) is 0 Å². The van der Waals surface area contributed by atoms with Gasteiger partial charge in [0.2, 0.25) is 0 Å². The fraction of sp³-hybridized carbons (Fsp3) is 0.538. The first kappa shape index (κ1) is 11.0. The van der Waals surface area contributed by atoms with Crippen molar-refractivity contribution in [2.45, 2.75) is 32.0 Å². The molecule has 2 aliphatic rings. The highest BCUT2D eigenvalue weighted by Crippen LogP contribution is 2.27. The number of ether oxygens (including phenoxy) is 1. The van der Waals surface area contributed by atoms with E-state index in [1.807, 2.05) is 0 Å². The maximum atomic E-state index is 13.2. The van der Waals surface area contributed by atoms with Crippen LogP contribution in [0.15, 0.2) is 18.2 Å². The molecule has 1 saturated heterocycles. The van der Waals surface area contributed by atoms with Gasteiger partial charge >= 0.3 is 0 Å². The van der Waals surface area contributed by atoms with Crippen LogP contribution in [0.4, 0.5) is 4.39 Å². The van der Waals surface area contributed by atoms with Gasteiger partial charge in [0.15, 0.2) is 0 Å². The van der Waals surface area contributed by atoms with E-state index in [4.69, 9.17) is 4.74 Å². The van der Waals surface area contributed by atoms with Gasteiger partial charge in [0.25, 0.3) is 0 Å². The van der Waals surface area contributed by atoms with Crippen LogP contribution in [-0.4, -0.2) is 24.3 Å². The van der Waals surface area contributed by atoms with Crippen molar-refractivity contribution in [3.8, 4) is 5.75 Å². The third-order valence-electron chi connectivity index (χ3n) is 3.51. The summed E-state index contributed by atoms with van der Waals surface area (Å²) in [4.78, 5) is 2.24. The van der Waals surface area contributed by atoms with E-state index in [1.54, 1.807) is 12.1 Å². The Labute approximate surface area is 101 Å². The standard InChI is InChI=1S/C13H17FN2O/c14-11-4-5-12-10(7-11)8-16(9-17-12)13-3-1-2-6-15-13/h4-5,7,13,15H,1-3,6,8-9H2. The highest BCUT2D eigenvalue weighted by atomic mass is 19.1. The average Bonchev–Trinajstić information content (AvgIpc) is 2.39. The Morgan fingerprint density at radius 2 is 2.29 bits per heavy atom. The van der Waals surface area contributed by atoms with Gasteiger partial charge < -0.3 is 10.1 Å². The van der Waals surface area contributed by atoms with Crippen LogP contribution in [-0.2, 0) is 6.54 Å². The van der Waals surface area contributed by atoms with Gasteiger partial charge in [-0.3, -0.25) is 4.90 Å². The molecule has 2 heterocycles. The van der Waals surface area contributed by atoms with E-state index < -0.39 is 0 Å². The first-order chi connectivity index (χ1) is 8.33. The molecule has 1 N–H and O–H groups in total. The lowest BCUT2D eigenvalue weighted by Crippen LogP contribution is -2.50. The molecule has 0 spiro atoms. The number of halogens is 1. The van der Waals surface area contributed by atoms with Gasteiger partial charge in [-0.2, -0.15) is 0 Å². The number of nitrogens with zero attached hydrogens (tertiary/aromatic N) is 1. The molecule has 1 unspecified atom stereocenters. The molecule has 0 bridgehead atoms. The van der Waals surface area contributed by atoms with Gasteiger partial charge in [0.1, 0.15) is 18.3 Å². The van der Waals surface area contributed by atoms with Crippen molar-refractivity contribution in [3.05, 3.63) is 29.6 Å². The third-order valence-corrected chi connectivity index (χ3v) is 3.51. The van der Waals surface area contributed by atoms with Crippen molar-refractivity contribution >= 4 is 0 Å². The minimum absolute atomic E-state index is 0.189. The summed E-state index contributed by atoms with van der Waals surface area (Å²) in [6, 6.07) is 4.74. The van der Waals surface area contributed by atoms with Crippen LogP contribution >= 0.6 is 0 Å². The second kappa shape index (κ2) is 4.63. The quantitative estimate of drug-likeness (QED) is 0.808. The molecule has 0 radical (unpaired) electrons. The zero-order valence-electron chi connectivity index (χ0n) is 9.79. The molecule has 2 aliphatic heterocycles. The molecule has 3 rings (SSSR count). The summed E-state index contributed by atoms with van der Waals surface area (Å²) < 4.78 is 18.8. The van der Waals surface area contributed by atoms with Crippen LogP contribution in [0, 0.1) is 5.82 Å². The first-order valence-corrected chi connectivity index (χ1v) is 6.21. The summed E-state index contributed by atoms with van der Waals surface area (Å²) in [7, 11) is 0. The summed E-state index contributed by atoms with van der Waals surface area (Å²) in [6.45, 7) is 2.43. The number of rotatable bonds is 1. The van der Waals surface area contributed by atoms with Crippen LogP contribution in [0.1, 0.15) is 24.8 Å². The molecule has 1 aromatic carbocycles. The number of hydrogen-bond donors (Lipinski definition) is 1. The van der Waals surface area contributed by atoms with Gasteiger partial charge in [0.05, 0.1) is 6.17 Å². The summed E-state index contributed by atoms with van der Waals surface area (Å²) >= 11 is 0. The zero-order chi connectivity index (χ0) is 11.7. The molecule has 1 atom stereocenters. The Morgan fingerprint density at radius 1 is 1.35 bits per heavy atom.